The van der Waals surface area contributed by atoms with Crippen LogP contribution in [0.1, 0.15) is 26.2 Å². The third-order valence-electron chi connectivity index (χ3n) is 4.08. The number of rotatable bonds is 7. The number of nitrogens with zero attached hydrogens (tertiary/aromatic N) is 1. The molecule has 0 amide bonds. The van der Waals surface area contributed by atoms with Crippen molar-refractivity contribution in [3.8, 4) is 0 Å². The van der Waals surface area contributed by atoms with Crippen LogP contribution in [0.3, 0.4) is 0 Å². The molecule has 0 aromatic carbocycles. The summed E-state index contributed by atoms with van der Waals surface area (Å²) < 4.78 is 29.1. The van der Waals surface area contributed by atoms with E-state index in [1.807, 2.05) is 11.8 Å². The van der Waals surface area contributed by atoms with Gasteiger partial charge in [0.25, 0.3) is 10.2 Å². The summed E-state index contributed by atoms with van der Waals surface area (Å²) in [4.78, 5) is 0. The fourth-order valence-electron chi connectivity index (χ4n) is 2.82. The molecule has 0 aliphatic carbocycles. The molecule has 0 aromatic rings. The van der Waals surface area contributed by atoms with Crippen LogP contribution in [0.25, 0.3) is 0 Å². The molecule has 118 valence electrons. The lowest BCUT2D eigenvalue weighted by Crippen LogP contribution is -2.48. The number of hydrogen-bond donors (Lipinski definition) is 2. The van der Waals surface area contributed by atoms with Crippen molar-refractivity contribution in [3.63, 3.8) is 0 Å². The predicted octanol–water partition coefficient (Wildman–Crippen LogP) is 0.895. The van der Waals surface area contributed by atoms with Gasteiger partial charge in [-0.2, -0.15) is 24.5 Å². The van der Waals surface area contributed by atoms with Gasteiger partial charge in [-0.3, -0.25) is 0 Å². The second kappa shape index (κ2) is 7.98. The summed E-state index contributed by atoms with van der Waals surface area (Å²) in [5, 5.41) is 3.32. The van der Waals surface area contributed by atoms with Gasteiger partial charge in [0.15, 0.2) is 0 Å². The minimum absolute atomic E-state index is 0.447. The average molecular weight is 322 g/mol. The van der Waals surface area contributed by atoms with Crippen LogP contribution < -0.4 is 10.0 Å². The summed E-state index contributed by atoms with van der Waals surface area (Å²) >= 11 is 1.92. The molecule has 20 heavy (non-hydrogen) atoms. The van der Waals surface area contributed by atoms with Crippen molar-refractivity contribution < 1.29 is 8.42 Å². The Balaban J connectivity index is 1.81. The Labute approximate surface area is 127 Å². The fraction of sp³-hybridized carbons (Fsp3) is 1.00. The zero-order valence-electron chi connectivity index (χ0n) is 12.3. The van der Waals surface area contributed by atoms with Crippen LogP contribution in [0.5, 0.6) is 0 Å². The fourth-order valence-corrected chi connectivity index (χ4v) is 5.51. The van der Waals surface area contributed by atoms with Gasteiger partial charge in [0.05, 0.1) is 0 Å². The van der Waals surface area contributed by atoms with Crippen molar-refractivity contribution in [2.24, 2.45) is 11.8 Å². The third-order valence-corrected chi connectivity index (χ3v) is 6.86. The molecule has 2 unspecified atom stereocenters. The number of piperidine rings is 1. The first-order valence-corrected chi connectivity index (χ1v) is 10.2. The first-order chi connectivity index (χ1) is 9.62. The van der Waals surface area contributed by atoms with E-state index < -0.39 is 10.2 Å². The zero-order valence-corrected chi connectivity index (χ0v) is 13.9. The zero-order chi connectivity index (χ0) is 14.4. The highest BCUT2D eigenvalue weighted by atomic mass is 32.2. The van der Waals surface area contributed by atoms with Gasteiger partial charge in [-0.05, 0) is 55.7 Å². The molecule has 2 saturated heterocycles. The molecule has 2 N–H and O–H groups in total. The highest BCUT2D eigenvalue weighted by molar-refractivity contribution is 7.99. The predicted molar refractivity (Wildman–Crippen MR) is 85.2 cm³/mol. The van der Waals surface area contributed by atoms with E-state index in [-0.39, 0.29) is 0 Å². The van der Waals surface area contributed by atoms with Crippen molar-refractivity contribution in [2.45, 2.75) is 26.2 Å². The largest absolute Gasteiger partial charge is 0.317 e. The molecule has 7 heteroatoms. The number of nitrogens with one attached hydrogen (secondary N) is 2. The second-order valence-electron chi connectivity index (χ2n) is 5.76. The van der Waals surface area contributed by atoms with Crippen molar-refractivity contribution in [1.29, 1.82) is 0 Å². The molecule has 0 saturated carbocycles. The minimum Gasteiger partial charge on any atom is -0.317 e. The molecule has 0 radical (unpaired) electrons. The van der Waals surface area contributed by atoms with E-state index in [9.17, 15) is 8.42 Å². The summed E-state index contributed by atoms with van der Waals surface area (Å²) in [7, 11) is -3.28. The van der Waals surface area contributed by atoms with E-state index in [1.165, 1.54) is 5.75 Å². The van der Waals surface area contributed by atoms with Crippen LogP contribution in [-0.4, -0.2) is 57.0 Å². The molecule has 2 rings (SSSR count). The molecular formula is C13H27N3O2S2. The van der Waals surface area contributed by atoms with Crippen LogP contribution >= 0.6 is 11.8 Å². The Morgan fingerprint density at radius 1 is 1.25 bits per heavy atom. The molecule has 2 fully saturated rings. The van der Waals surface area contributed by atoms with Crippen LogP contribution in [0, 0.1) is 11.8 Å². The summed E-state index contributed by atoms with van der Waals surface area (Å²) in [6.07, 6.45) is 3.23. The van der Waals surface area contributed by atoms with E-state index in [0.717, 1.165) is 38.1 Å². The van der Waals surface area contributed by atoms with Crippen molar-refractivity contribution in [2.75, 3.05) is 44.2 Å². The molecule has 0 bridgehead atoms. The maximum atomic E-state index is 12.3. The van der Waals surface area contributed by atoms with E-state index in [2.05, 4.69) is 17.0 Å². The van der Waals surface area contributed by atoms with E-state index in [0.29, 0.717) is 31.5 Å². The summed E-state index contributed by atoms with van der Waals surface area (Å²) in [5.41, 5.74) is 0. The van der Waals surface area contributed by atoms with Crippen molar-refractivity contribution >= 4 is 22.0 Å². The summed E-state index contributed by atoms with van der Waals surface area (Å²) in [5.74, 6) is 3.21. The van der Waals surface area contributed by atoms with Gasteiger partial charge >= 0.3 is 0 Å². The third kappa shape index (κ3) is 4.87. The van der Waals surface area contributed by atoms with Crippen molar-refractivity contribution in [3.05, 3.63) is 0 Å². The molecule has 5 nitrogen and oxygen atoms in total. The summed E-state index contributed by atoms with van der Waals surface area (Å²) in [6.45, 7) is 5.87. The molecule has 2 aliphatic rings. The average Bonchev–Trinajstić information content (AvgIpc) is 2.97. The van der Waals surface area contributed by atoms with Crippen molar-refractivity contribution in [1.82, 2.24) is 14.3 Å². The molecule has 0 aromatic heterocycles. The maximum Gasteiger partial charge on any atom is 0.279 e. The van der Waals surface area contributed by atoms with Gasteiger partial charge in [0.1, 0.15) is 0 Å². The van der Waals surface area contributed by atoms with Crippen LogP contribution in [0.4, 0.5) is 0 Å². The lowest BCUT2D eigenvalue weighted by atomic mass is 10.00. The Kier molecular flexibility index (Phi) is 6.61. The highest BCUT2D eigenvalue weighted by Gasteiger charge is 2.29. The van der Waals surface area contributed by atoms with Crippen LogP contribution in [-0.2, 0) is 10.2 Å². The second-order valence-corrected chi connectivity index (χ2v) is 8.66. The van der Waals surface area contributed by atoms with E-state index >= 15 is 0 Å². The molecule has 0 spiro atoms. The summed E-state index contributed by atoms with van der Waals surface area (Å²) in [6, 6.07) is 0. The highest BCUT2D eigenvalue weighted by Crippen LogP contribution is 2.23. The minimum atomic E-state index is -3.28. The van der Waals surface area contributed by atoms with Gasteiger partial charge in [0.2, 0.25) is 0 Å². The molecule has 2 aliphatic heterocycles. The van der Waals surface area contributed by atoms with Gasteiger partial charge < -0.3 is 5.32 Å². The number of thioether (sulfide) groups is 1. The Morgan fingerprint density at radius 2 is 2.10 bits per heavy atom. The molecular weight excluding hydrogens is 294 g/mol. The van der Waals surface area contributed by atoms with Crippen LogP contribution in [0.15, 0.2) is 0 Å². The SMILES string of the molecule is CCNCC1CCCN(S(=O)(=O)NCC2CCSC2)C1. The Bertz CT molecular complexity index is 383. The Morgan fingerprint density at radius 3 is 2.80 bits per heavy atom. The van der Waals surface area contributed by atoms with Crippen LogP contribution in [0.2, 0.25) is 0 Å². The normalized spacial score (nSPS) is 28.9. The smallest absolute Gasteiger partial charge is 0.279 e. The lowest BCUT2D eigenvalue weighted by Gasteiger charge is -2.32. The maximum absolute atomic E-state index is 12.3. The topological polar surface area (TPSA) is 61.4 Å². The lowest BCUT2D eigenvalue weighted by molar-refractivity contribution is 0.258. The van der Waals surface area contributed by atoms with Gasteiger partial charge in [-0.1, -0.05) is 6.92 Å². The van der Waals surface area contributed by atoms with Gasteiger partial charge in [-0.25, -0.2) is 4.72 Å². The molecule has 2 heterocycles. The monoisotopic (exact) mass is 321 g/mol. The van der Waals surface area contributed by atoms with Gasteiger partial charge in [0, 0.05) is 19.6 Å². The van der Waals surface area contributed by atoms with E-state index in [4.69, 9.17) is 0 Å². The first kappa shape index (κ1) is 16.5. The van der Waals surface area contributed by atoms with E-state index in [1.54, 1.807) is 4.31 Å². The Hall–Kier alpha value is 0.180. The first-order valence-electron chi connectivity index (χ1n) is 7.65. The van der Waals surface area contributed by atoms with Gasteiger partial charge in [-0.15, -0.1) is 0 Å². The number of hydrogen-bond acceptors (Lipinski definition) is 4. The quantitative estimate of drug-likeness (QED) is 0.731. The molecule has 2 atom stereocenters. The standard InChI is InChI=1S/C13H27N3O2S2/c1-2-14-8-12-4-3-6-16(10-12)20(17,18)15-9-13-5-7-19-11-13/h12-15H,2-11H2,1H3.